The van der Waals surface area contributed by atoms with Gasteiger partial charge in [-0.05, 0) is 45.6 Å². The van der Waals surface area contributed by atoms with E-state index in [0.29, 0.717) is 16.5 Å². The predicted molar refractivity (Wildman–Crippen MR) is 79.0 cm³/mol. The van der Waals surface area contributed by atoms with Crippen molar-refractivity contribution in [3.63, 3.8) is 0 Å². The number of halogens is 3. The molecule has 0 amide bonds. The van der Waals surface area contributed by atoms with Gasteiger partial charge in [0, 0.05) is 22.9 Å². The van der Waals surface area contributed by atoms with Crippen LogP contribution in [0.25, 0.3) is 0 Å². The van der Waals surface area contributed by atoms with Crippen LogP contribution in [0.1, 0.15) is 17.2 Å². The van der Waals surface area contributed by atoms with Crippen LogP contribution in [0.5, 0.6) is 0 Å². The van der Waals surface area contributed by atoms with Crippen molar-refractivity contribution >= 4 is 39.1 Å². The lowest BCUT2D eigenvalue weighted by molar-refractivity contribution is 0.719. The van der Waals surface area contributed by atoms with Gasteiger partial charge in [0.1, 0.15) is 0 Å². The Labute approximate surface area is 124 Å². The molecule has 0 fully saturated rings. The number of nitrogens with zero attached hydrogens (tertiary/aromatic N) is 1. The first-order valence-electron chi connectivity index (χ1n) is 5.37. The third kappa shape index (κ3) is 3.23. The van der Waals surface area contributed by atoms with Gasteiger partial charge in [-0.15, -0.1) is 0 Å². The molecule has 1 atom stereocenters. The van der Waals surface area contributed by atoms with E-state index < -0.39 is 0 Å². The Kier molecular flexibility index (Phi) is 4.62. The van der Waals surface area contributed by atoms with Crippen molar-refractivity contribution in [2.45, 2.75) is 12.5 Å². The fourth-order valence-electron chi connectivity index (χ4n) is 1.74. The lowest BCUT2D eigenvalue weighted by atomic mass is 10.0. The molecule has 2 nitrogen and oxygen atoms in total. The molecule has 0 saturated heterocycles. The molecule has 94 valence electrons. The third-order valence-corrected chi connectivity index (χ3v) is 3.87. The number of rotatable bonds is 3. The number of hydrogen-bond donors (Lipinski definition) is 1. The molecule has 1 aromatic carbocycles. The zero-order valence-corrected chi connectivity index (χ0v) is 12.5. The van der Waals surface area contributed by atoms with Crippen molar-refractivity contribution in [1.82, 2.24) is 4.98 Å². The van der Waals surface area contributed by atoms with Gasteiger partial charge in [0.25, 0.3) is 0 Å². The minimum atomic E-state index is -0.202. The molecule has 0 aliphatic carbocycles. The summed E-state index contributed by atoms with van der Waals surface area (Å²) in [7, 11) is 0. The molecule has 2 N–H and O–H groups in total. The van der Waals surface area contributed by atoms with E-state index in [-0.39, 0.29) is 6.04 Å². The van der Waals surface area contributed by atoms with Gasteiger partial charge in [-0.1, -0.05) is 35.3 Å². The maximum absolute atomic E-state index is 6.16. The second kappa shape index (κ2) is 6.02. The van der Waals surface area contributed by atoms with Crippen LogP contribution in [-0.4, -0.2) is 4.98 Å². The average molecular weight is 346 g/mol. The largest absolute Gasteiger partial charge is 0.324 e. The molecular formula is C13H11BrCl2N2. The van der Waals surface area contributed by atoms with Crippen molar-refractivity contribution in [2.24, 2.45) is 5.73 Å². The lowest BCUT2D eigenvalue weighted by Crippen LogP contribution is -2.14. The van der Waals surface area contributed by atoms with E-state index >= 15 is 0 Å². The summed E-state index contributed by atoms with van der Waals surface area (Å²) in [4.78, 5) is 4.11. The normalized spacial score (nSPS) is 12.4. The molecule has 18 heavy (non-hydrogen) atoms. The Morgan fingerprint density at radius 1 is 1.28 bits per heavy atom. The zero-order valence-electron chi connectivity index (χ0n) is 9.41. The molecule has 1 unspecified atom stereocenters. The second-order valence-corrected chi connectivity index (χ2v) is 5.67. The van der Waals surface area contributed by atoms with Crippen LogP contribution in [-0.2, 0) is 6.42 Å². The van der Waals surface area contributed by atoms with E-state index in [1.165, 1.54) is 0 Å². The highest BCUT2D eigenvalue weighted by atomic mass is 79.9. The van der Waals surface area contributed by atoms with Crippen molar-refractivity contribution in [2.75, 3.05) is 0 Å². The van der Waals surface area contributed by atoms with Gasteiger partial charge < -0.3 is 5.73 Å². The Bertz CT molecular complexity index is 560. The van der Waals surface area contributed by atoms with Gasteiger partial charge in [-0.2, -0.15) is 0 Å². The van der Waals surface area contributed by atoms with E-state index in [4.69, 9.17) is 28.9 Å². The highest BCUT2D eigenvalue weighted by Crippen LogP contribution is 2.30. The van der Waals surface area contributed by atoms with Crippen LogP contribution >= 0.6 is 39.1 Å². The highest BCUT2D eigenvalue weighted by Gasteiger charge is 2.13. The van der Waals surface area contributed by atoms with Gasteiger partial charge in [-0.25, -0.2) is 0 Å². The molecule has 0 spiro atoms. The van der Waals surface area contributed by atoms with Crippen LogP contribution in [0.2, 0.25) is 10.0 Å². The monoisotopic (exact) mass is 344 g/mol. The standard InChI is InChI=1S/C13H11BrCl2N2/c14-9-4-8(6-18-7-9)5-12(17)10-2-1-3-11(15)13(10)16/h1-4,6-7,12H,5,17H2. The molecule has 0 aliphatic heterocycles. The van der Waals surface area contributed by atoms with E-state index in [1.54, 1.807) is 18.5 Å². The molecule has 1 heterocycles. The van der Waals surface area contributed by atoms with Crippen molar-refractivity contribution in [3.8, 4) is 0 Å². The smallest absolute Gasteiger partial charge is 0.0640 e. The van der Waals surface area contributed by atoms with Crippen LogP contribution in [0.4, 0.5) is 0 Å². The molecule has 5 heteroatoms. The Balaban J connectivity index is 2.22. The molecular weight excluding hydrogens is 335 g/mol. The molecule has 2 aromatic rings. The SMILES string of the molecule is NC(Cc1cncc(Br)c1)c1cccc(Cl)c1Cl. The van der Waals surface area contributed by atoms with Crippen LogP contribution in [0.15, 0.2) is 41.1 Å². The minimum Gasteiger partial charge on any atom is -0.324 e. The number of pyridine rings is 1. The Hall–Kier alpha value is -0.610. The first-order valence-corrected chi connectivity index (χ1v) is 6.91. The first-order chi connectivity index (χ1) is 8.58. The van der Waals surface area contributed by atoms with Crippen LogP contribution < -0.4 is 5.73 Å². The summed E-state index contributed by atoms with van der Waals surface area (Å²) in [5.41, 5.74) is 8.06. The summed E-state index contributed by atoms with van der Waals surface area (Å²) in [6.07, 6.45) is 4.19. The molecule has 0 aliphatic rings. The van der Waals surface area contributed by atoms with Gasteiger partial charge in [-0.3, -0.25) is 4.98 Å². The van der Waals surface area contributed by atoms with Gasteiger partial charge in [0.05, 0.1) is 10.0 Å². The fraction of sp³-hybridized carbons (Fsp3) is 0.154. The predicted octanol–water partition coefficient (Wildman–Crippen LogP) is 4.39. The molecule has 0 radical (unpaired) electrons. The summed E-state index contributed by atoms with van der Waals surface area (Å²) in [6.45, 7) is 0. The number of benzene rings is 1. The van der Waals surface area contributed by atoms with E-state index in [0.717, 1.165) is 15.6 Å². The molecule has 1 aromatic heterocycles. The summed E-state index contributed by atoms with van der Waals surface area (Å²) in [6, 6.07) is 7.28. The van der Waals surface area contributed by atoms with E-state index in [9.17, 15) is 0 Å². The molecule has 2 rings (SSSR count). The fourth-order valence-corrected chi connectivity index (χ4v) is 2.60. The summed E-state index contributed by atoms with van der Waals surface area (Å²) in [5.74, 6) is 0. The maximum atomic E-state index is 6.16. The molecule has 0 bridgehead atoms. The average Bonchev–Trinajstić information content (AvgIpc) is 2.32. The number of hydrogen-bond acceptors (Lipinski definition) is 2. The maximum Gasteiger partial charge on any atom is 0.0640 e. The minimum absolute atomic E-state index is 0.202. The van der Waals surface area contributed by atoms with Crippen molar-refractivity contribution < 1.29 is 0 Å². The number of aromatic nitrogens is 1. The van der Waals surface area contributed by atoms with E-state index in [2.05, 4.69) is 20.9 Å². The van der Waals surface area contributed by atoms with Crippen molar-refractivity contribution in [1.29, 1.82) is 0 Å². The molecule has 0 saturated carbocycles. The van der Waals surface area contributed by atoms with Gasteiger partial charge in [0.2, 0.25) is 0 Å². The lowest BCUT2D eigenvalue weighted by Gasteiger charge is -2.14. The summed E-state index contributed by atoms with van der Waals surface area (Å²) in [5, 5.41) is 1.05. The zero-order chi connectivity index (χ0) is 13.1. The third-order valence-electron chi connectivity index (χ3n) is 2.60. The second-order valence-electron chi connectivity index (χ2n) is 3.97. The van der Waals surface area contributed by atoms with Gasteiger partial charge >= 0.3 is 0 Å². The Morgan fingerprint density at radius 3 is 2.78 bits per heavy atom. The van der Waals surface area contributed by atoms with Crippen LogP contribution in [0.3, 0.4) is 0 Å². The summed E-state index contributed by atoms with van der Waals surface area (Å²) < 4.78 is 0.935. The first kappa shape index (κ1) is 13.8. The number of nitrogens with two attached hydrogens (primary N) is 1. The highest BCUT2D eigenvalue weighted by molar-refractivity contribution is 9.10. The quantitative estimate of drug-likeness (QED) is 0.895. The topological polar surface area (TPSA) is 38.9 Å². The summed E-state index contributed by atoms with van der Waals surface area (Å²) >= 11 is 15.5. The van der Waals surface area contributed by atoms with Gasteiger partial charge in [0.15, 0.2) is 0 Å². The Morgan fingerprint density at radius 2 is 2.06 bits per heavy atom. The van der Waals surface area contributed by atoms with Crippen LogP contribution in [0, 0.1) is 0 Å². The van der Waals surface area contributed by atoms with Crippen molar-refractivity contribution in [3.05, 3.63) is 62.3 Å². The van der Waals surface area contributed by atoms with E-state index in [1.807, 2.05) is 18.2 Å².